The number of hydrogen-bond donors (Lipinski definition) is 2. The number of hydrogen-bond acceptors (Lipinski definition) is 4. The van der Waals surface area contributed by atoms with Crippen LogP contribution in [-0.4, -0.2) is 69.4 Å². The number of nitrogens with zero attached hydrogens (tertiary/aromatic N) is 2. The first-order chi connectivity index (χ1) is 10.5. The average Bonchev–Trinajstić information content (AvgIpc) is 2.83. The lowest BCUT2D eigenvalue weighted by atomic mass is 10.0. The summed E-state index contributed by atoms with van der Waals surface area (Å²) in [6.07, 6.45) is 1.41. The molecule has 1 amide bonds. The van der Waals surface area contributed by atoms with Crippen LogP contribution in [0.15, 0.2) is 0 Å². The zero-order chi connectivity index (χ0) is 17.8. The van der Waals surface area contributed by atoms with Crippen molar-refractivity contribution < 1.29 is 13.2 Å². The molecule has 1 aliphatic rings. The lowest BCUT2D eigenvalue weighted by Gasteiger charge is -2.26. The third-order valence-electron chi connectivity index (χ3n) is 3.90. The molecule has 1 fully saturated rings. The van der Waals surface area contributed by atoms with Crippen molar-refractivity contribution in [2.24, 2.45) is 5.92 Å². The molecule has 1 heterocycles. The summed E-state index contributed by atoms with van der Waals surface area (Å²) in [5.74, 6) is 0.0927. The molecule has 23 heavy (non-hydrogen) atoms. The zero-order valence-corrected chi connectivity index (χ0v) is 16.0. The Kier molecular flexibility index (Phi) is 7.44. The van der Waals surface area contributed by atoms with Crippen LogP contribution in [0.2, 0.25) is 0 Å². The molecule has 8 heteroatoms. The molecule has 0 radical (unpaired) electrons. The second kappa shape index (κ2) is 8.41. The molecule has 0 aromatic heterocycles. The Balaban J connectivity index is 2.80. The minimum Gasteiger partial charge on any atom is -0.340 e. The third kappa shape index (κ3) is 6.74. The van der Waals surface area contributed by atoms with E-state index in [1.807, 2.05) is 27.9 Å². The maximum atomic E-state index is 12.8. The first-order valence-corrected chi connectivity index (χ1v) is 9.75. The van der Waals surface area contributed by atoms with E-state index in [2.05, 4.69) is 14.3 Å². The van der Waals surface area contributed by atoms with Gasteiger partial charge in [-0.15, -0.1) is 0 Å². The molecule has 0 aromatic carbocycles. The van der Waals surface area contributed by atoms with Crippen molar-refractivity contribution in [1.29, 1.82) is 0 Å². The van der Waals surface area contributed by atoms with Crippen molar-refractivity contribution in [3.05, 3.63) is 0 Å². The van der Waals surface area contributed by atoms with Crippen molar-refractivity contribution in [2.75, 3.05) is 27.2 Å². The highest BCUT2D eigenvalue weighted by molar-refractivity contribution is 7.87. The molecule has 1 rings (SSSR count). The first kappa shape index (κ1) is 20.3. The van der Waals surface area contributed by atoms with Gasteiger partial charge in [-0.05, 0) is 46.7 Å². The van der Waals surface area contributed by atoms with Crippen LogP contribution >= 0.6 is 0 Å². The summed E-state index contributed by atoms with van der Waals surface area (Å²) in [7, 11) is 0.311. The summed E-state index contributed by atoms with van der Waals surface area (Å²) >= 11 is 0. The van der Waals surface area contributed by atoms with E-state index >= 15 is 0 Å². The summed E-state index contributed by atoms with van der Waals surface area (Å²) < 4.78 is 29.3. The van der Waals surface area contributed by atoms with E-state index in [1.54, 1.807) is 18.7 Å². The minimum atomic E-state index is -3.69. The van der Waals surface area contributed by atoms with E-state index < -0.39 is 16.3 Å². The van der Waals surface area contributed by atoms with Crippen LogP contribution in [0.5, 0.6) is 0 Å². The van der Waals surface area contributed by atoms with Gasteiger partial charge in [-0.3, -0.25) is 4.79 Å². The van der Waals surface area contributed by atoms with E-state index in [0.717, 1.165) is 6.42 Å². The molecule has 1 saturated heterocycles. The maximum Gasteiger partial charge on any atom is 0.277 e. The Morgan fingerprint density at radius 1 is 1.22 bits per heavy atom. The van der Waals surface area contributed by atoms with E-state index in [0.29, 0.717) is 25.6 Å². The fourth-order valence-corrected chi connectivity index (χ4v) is 4.05. The number of rotatable bonds is 8. The highest BCUT2D eigenvalue weighted by Crippen LogP contribution is 2.17. The molecule has 0 aromatic rings. The first-order valence-electron chi connectivity index (χ1n) is 8.26. The number of carbonyl (C=O) groups is 1. The standard InChI is InChI=1S/C15H32N4O3S/c1-11(2)9-14(17-23(21,22)16-12(3)4)15(20)19-8-7-13(10-19)18(5)6/h11-14,16-17H,7-10H2,1-6H3/t13?,14-/m0/s1. The van der Waals surface area contributed by atoms with Gasteiger partial charge in [0.2, 0.25) is 5.91 Å². The topological polar surface area (TPSA) is 81.8 Å². The molecule has 0 bridgehead atoms. The SMILES string of the molecule is CC(C)C[C@H](NS(=O)(=O)NC(C)C)C(=O)N1CCC(N(C)C)C1. The van der Waals surface area contributed by atoms with E-state index in [4.69, 9.17) is 0 Å². The maximum absolute atomic E-state index is 12.8. The van der Waals surface area contributed by atoms with Gasteiger partial charge in [0.25, 0.3) is 10.2 Å². The highest BCUT2D eigenvalue weighted by Gasteiger charge is 2.34. The fourth-order valence-electron chi connectivity index (χ4n) is 2.79. The number of carbonyl (C=O) groups excluding carboxylic acids is 1. The van der Waals surface area contributed by atoms with Crippen LogP contribution in [0.25, 0.3) is 0 Å². The lowest BCUT2D eigenvalue weighted by Crippen LogP contribution is -2.52. The van der Waals surface area contributed by atoms with Gasteiger partial charge in [-0.25, -0.2) is 0 Å². The Morgan fingerprint density at radius 3 is 2.26 bits per heavy atom. The fraction of sp³-hybridized carbons (Fsp3) is 0.933. The number of likely N-dealkylation sites (tertiary alicyclic amines) is 1. The van der Waals surface area contributed by atoms with Gasteiger partial charge < -0.3 is 9.80 Å². The molecule has 136 valence electrons. The largest absolute Gasteiger partial charge is 0.340 e. The molecule has 1 unspecified atom stereocenters. The van der Waals surface area contributed by atoms with Crippen molar-refractivity contribution in [2.45, 2.75) is 58.7 Å². The molecule has 2 N–H and O–H groups in total. The monoisotopic (exact) mass is 348 g/mol. The molecule has 7 nitrogen and oxygen atoms in total. The third-order valence-corrected chi connectivity index (χ3v) is 5.28. The van der Waals surface area contributed by atoms with Gasteiger partial charge in [0.05, 0.1) is 0 Å². The molecule has 0 saturated carbocycles. The summed E-state index contributed by atoms with van der Waals surface area (Å²) in [6.45, 7) is 8.80. The average molecular weight is 349 g/mol. The smallest absolute Gasteiger partial charge is 0.277 e. The molecule has 0 aliphatic carbocycles. The van der Waals surface area contributed by atoms with Crippen molar-refractivity contribution in [3.8, 4) is 0 Å². The summed E-state index contributed by atoms with van der Waals surface area (Å²) in [5.41, 5.74) is 0. The van der Waals surface area contributed by atoms with Crippen molar-refractivity contribution in [1.82, 2.24) is 19.2 Å². The van der Waals surface area contributed by atoms with Gasteiger partial charge in [0.15, 0.2) is 0 Å². The molecule has 1 aliphatic heterocycles. The Morgan fingerprint density at radius 2 is 1.83 bits per heavy atom. The predicted molar refractivity (Wildman–Crippen MR) is 92.2 cm³/mol. The van der Waals surface area contributed by atoms with Crippen molar-refractivity contribution in [3.63, 3.8) is 0 Å². The van der Waals surface area contributed by atoms with Crippen LogP contribution in [0, 0.1) is 5.92 Å². The number of nitrogens with one attached hydrogen (secondary N) is 2. The quantitative estimate of drug-likeness (QED) is 0.665. The molecule has 2 atom stereocenters. The Bertz CT molecular complexity index is 491. The van der Waals surface area contributed by atoms with Gasteiger partial charge in [0.1, 0.15) is 6.04 Å². The molecular weight excluding hydrogens is 316 g/mol. The van der Waals surface area contributed by atoms with Crippen LogP contribution in [-0.2, 0) is 15.0 Å². The van der Waals surface area contributed by atoms with Crippen LogP contribution in [0.4, 0.5) is 0 Å². The van der Waals surface area contributed by atoms with Gasteiger partial charge in [0, 0.05) is 25.2 Å². The normalized spacial score (nSPS) is 20.7. The second-order valence-electron chi connectivity index (χ2n) is 7.27. The number of likely N-dealkylation sites (N-methyl/N-ethyl adjacent to an activating group) is 1. The van der Waals surface area contributed by atoms with Gasteiger partial charge >= 0.3 is 0 Å². The number of amides is 1. The van der Waals surface area contributed by atoms with E-state index in [1.165, 1.54) is 0 Å². The van der Waals surface area contributed by atoms with Gasteiger partial charge in [-0.2, -0.15) is 17.9 Å². The summed E-state index contributed by atoms with van der Waals surface area (Å²) in [4.78, 5) is 16.6. The van der Waals surface area contributed by atoms with E-state index in [-0.39, 0.29) is 17.9 Å². The molecule has 0 spiro atoms. The zero-order valence-electron chi connectivity index (χ0n) is 15.2. The summed E-state index contributed by atoms with van der Waals surface area (Å²) in [6, 6.07) is -0.594. The van der Waals surface area contributed by atoms with Crippen LogP contribution in [0.1, 0.15) is 40.5 Å². The van der Waals surface area contributed by atoms with E-state index in [9.17, 15) is 13.2 Å². The van der Waals surface area contributed by atoms with Gasteiger partial charge in [-0.1, -0.05) is 13.8 Å². The predicted octanol–water partition coefficient (Wildman–Crippen LogP) is 0.396. The Hall–Kier alpha value is -0.700. The highest BCUT2D eigenvalue weighted by atomic mass is 32.2. The minimum absolute atomic E-state index is 0.128. The molecular formula is C15H32N4O3S. The van der Waals surface area contributed by atoms with Crippen LogP contribution < -0.4 is 9.44 Å². The van der Waals surface area contributed by atoms with Crippen LogP contribution in [0.3, 0.4) is 0 Å². The second-order valence-corrected chi connectivity index (χ2v) is 8.74. The van der Waals surface area contributed by atoms with Crippen molar-refractivity contribution >= 4 is 16.1 Å². The lowest BCUT2D eigenvalue weighted by molar-refractivity contribution is -0.132. The summed E-state index contributed by atoms with van der Waals surface area (Å²) in [5, 5.41) is 0. The Labute approximate surface area is 141 Å².